The number of rotatable bonds is 1. The van der Waals surface area contributed by atoms with Gasteiger partial charge in [-0.05, 0) is 0 Å². The zero-order valence-corrected chi connectivity index (χ0v) is 6.52. The van der Waals surface area contributed by atoms with E-state index in [9.17, 15) is 0 Å². The lowest BCUT2D eigenvalue weighted by Crippen LogP contribution is -1.94. The third-order valence-electron chi connectivity index (χ3n) is 1.62. The van der Waals surface area contributed by atoms with Crippen molar-refractivity contribution in [2.75, 3.05) is 5.73 Å². The first-order valence-corrected chi connectivity index (χ1v) is 3.42. The van der Waals surface area contributed by atoms with E-state index in [1.165, 1.54) is 0 Å². The molecule has 0 aromatic carbocycles. The highest BCUT2D eigenvalue weighted by molar-refractivity contribution is 5.66. The van der Waals surface area contributed by atoms with Gasteiger partial charge in [0, 0.05) is 7.05 Å². The van der Waals surface area contributed by atoms with Crippen LogP contribution < -0.4 is 5.73 Å². The van der Waals surface area contributed by atoms with Gasteiger partial charge in [-0.1, -0.05) is 0 Å². The zero-order chi connectivity index (χ0) is 8.55. The van der Waals surface area contributed by atoms with Crippen LogP contribution in [-0.4, -0.2) is 25.0 Å². The van der Waals surface area contributed by atoms with Gasteiger partial charge >= 0.3 is 0 Å². The number of hydrogen-bond acceptors (Lipinski definition) is 4. The van der Waals surface area contributed by atoms with Gasteiger partial charge in [0.1, 0.15) is 12.1 Å². The van der Waals surface area contributed by atoms with Crippen LogP contribution in [-0.2, 0) is 7.05 Å². The van der Waals surface area contributed by atoms with Gasteiger partial charge in [-0.3, -0.25) is 5.10 Å². The Morgan fingerprint density at radius 2 is 2.42 bits per heavy atom. The summed E-state index contributed by atoms with van der Waals surface area (Å²) in [7, 11) is 1.85. The second kappa shape index (κ2) is 2.33. The van der Waals surface area contributed by atoms with E-state index in [1.807, 2.05) is 7.05 Å². The van der Waals surface area contributed by atoms with E-state index in [2.05, 4.69) is 20.4 Å². The van der Waals surface area contributed by atoms with Gasteiger partial charge in [0.05, 0.1) is 11.8 Å². The normalized spacial score (nSPS) is 10.4. The molecule has 0 aliphatic rings. The van der Waals surface area contributed by atoms with Gasteiger partial charge in [-0.2, -0.15) is 5.10 Å². The van der Waals surface area contributed by atoms with E-state index in [4.69, 9.17) is 5.73 Å². The molecule has 2 rings (SSSR count). The van der Waals surface area contributed by atoms with Gasteiger partial charge in [0.25, 0.3) is 0 Å². The fourth-order valence-electron chi connectivity index (χ4n) is 1.00. The molecule has 0 amide bonds. The maximum atomic E-state index is 5.60. The molecule has 0 spiro atoms. The maximum absolute atomic E-state index is 5.60. The second-order valence-corrected chi connectivity index (χ2v) is 2.46. The first-order chi connectivity index (χ1) is 5.79. The van der Waals surface area contributed by atoms with E-state index in [-0.39, 0.29) is 0 Å². The van der Waals surface area contributed by atoms with E-state index in [0.29, 0.717) is 11.6 Å². The number of hydrogen-bond donors (Lipinski definition) is 2. The van der Waals surface area contributed by atoms with Crippen LogP contribution in [0.15, 0.2) is 12.5 Å². The van der Waals surface area contributed by atoms with E-state index < -0.39 is 0 Å². The van der Waals surface area contributed by atoms with Crippen LogP contribution >= 0.6 is 0 Å². The third kappa shape index (κ3) is 0.849. The molecule has 2 aromatic heterocycles. The Morgan fingerprint density at radius 1 is 1.58 bits per heavy atom. The van der Waals surface area contributed by atoms with Crippen LogP contribution in [0.2, 0.25) is 0 Å². The molecule has 0 saturated carbocycles. The van der Waals surface area contributed by atoms with Gasteiger partial charge in [0.15, 0.2) is 5.82 Å². The van der Waals surface area contributed by atoms with Crippen LogP contribution in [0, 0.1) is 0 Å². The second-order valence-electron chi connectivity index (χ2n) is 2.46. The third-order valence-corrected chi connectivity index (χ3v) is 1.62. The van der Waals surface area contributed by atoms with Crippen molar-refractivity contribution in [3.05, 3.63) is 12.5 Å². The number of nitrogens with one attached hydrogen (secondary N) is 1. The number of aryl methyl sites for hydroxylation is 1. The summed E-state index contributed by atoms with van der Waals surface area (Å²) in [6, 6.07) is 0. The fraction of sp³-hybridized carbons (Fsp3) is 0.167. The molecular weight excluding hydrogens is 156 g/mol. The van der Waals surface area contributed by atoms with Crippen molar-refractivity contribution in [3.63, 3.8) is 0 Å². The van der Waals surface area contributed by atoms with Gasteiger partial charge in [-0.25, -0.2) is 0 Å². The topological polar surface area (TPSA) is 85.4 Å². The molecule has 2 aromatic rings. The minimum Gasteiger partial charge on any atom is -0.383 e. The standard InChI is InChI=1S/C6H8N6/c1-12-3-9-11-6(12)4-2-8-10-5(4)7/h2-3H,1H3,(H3,7,8,10). The summed E-state index contributed by atoms with van der Waals surface area (Å²) in [5.41, 5.74) is 6.37. The quantitative estimate of drug-likeness (QED) is 0.610. The minimum absolute atomic E-state index is 0.506. The Labute approximate surface area is 68.4 Å². The summed E-state index contributed by atoms with van der Waals surface area (Å²) in [5, 5.41) is 14.0. The van der Waals surface area contributed by atoms with Gasteiger partial charge < -0.3 is 10.3 Å². The van der Waals surface area contributed by atoms with Crippen molar-refractivity contribution < 1.29 is 0 Å². The van der Waals surface area contributed by atoms with E-state index in [1.54, 1.807) is 17.1 Å². The summed E-state index contributed by atoms with van der Waals surface area (Å²) in [6.45, 7) is 0. The lowest BCUT2D eigenvalue weighted by atomic mass is 10.3. The molecule has 62 valence electrons. The van der Waals surface area contributed by atoms with Crippen molar-refractivity contribution in [2.45, 2.75) is 0 Å². The summed E-state index contributed by atoms with van der Waals surface area (Å²) in [4.78, 5) is 0. The molecular formula is C6H8N6. The Kier molecular flexibility index (Phi) is 1.33. The van der Waals surface area contributed by atoms with Gasteiger partial charge in [0.2, 0.25) is 0 Å². The Bertz CT molecular complexity index is 348. The van der Waals surface area contributed by atoms with E-state index >= 15 is 0 Å². The number of aromatic nitrogens is 5. The summed E-state index contributed by atoms with van der Waals surface area (Å²) in [6.07, 6.45) is 3.24. The van der Waals surface area contributed by atoms with Crippen molar-refractivity contribution >= 4 is 5.82 Å². The van der Waals surface area contributed by atoms with Crippen molar-refractivity contribution in [2.24, 2.45) is 7.05 Å². The lowest BCUT2D eigenvalue weighted by molar-refractivity contribution is 0.920. The van der Waals surface area contributed by atoms with E-state index in [0.717, 1.165) is 5.56 Å². The highest BCUT2D eigenvalue weighted by Gasteiger charge is 2.09. The molecule has 2 heterocycles. The number of H-pyrrole nitrogens is 1. The summed E-state index contributed by atoms with van der Waals surface area (Å²) >= 11 is 0. The molecule has 12 heavy (non-hydrogen) atoms. The molecule has 6 heteroatoms. The number of nitrogen functional groups attached to an aromatic ring is 1. The Morgan fingerprint density at radius 3 is 2.92 bits per heavy atom. The summed E-state index contributed by atoms with van der Waals surface area (Å²) < 4.78 is 1.78. The lowest BCUT2D eigenvalue weighted by Gasteiger charge is -1.95. The Hall–Kier alpha value is -1.85. The van der Waals surface area contributed by atoms with Crippen LogP contribution in [0.5, 0.6) is 0 Å². The van der Waals surface area contributed by atoms with Crippen LogP contribution in [0.4, 0.5) is 5.82 Å². The zero-order valence-electron chi connectivity index (χ0n) is 6.52. The fourth-order valence-corrected chi connectivity index (χ4v) is 1.00. The smallest absolute Gasteiger partial charge is 0.168 e. The number of nitrogens with zero attached hydrogens (tertiary/aromatic N) is 4. The largest absolute Gasteiger partial charge is 0.383 e. The predicted octanol–water partition coefficient (Wildman–Crippen LogP) is -0.213. The van der Waals surface area contributed by atoms with Crippen LogP contribution in [0.25, 0.3) is 11.4 Å². The molecule has 0 bridgehead atoms. The molecule has 0 saturated heterocycles. The molecule has 0 aliphatic heterocycles. The maximum Gasteiger partial charge on any atom is 0.168 e. The molecule has 0 aliphatic carbocycles. The Balaban J connectivity index is 2.57. The average Bonchev–Trinajstić information content (AvgIpc) is 2.59. The van der Waals surface area contributed by atoms with Crippen LogP contribution in [0.3, 0.4) is 0 Å². The number of nitrogens with two attached hydrogens (primary N) is 1. The SMILES string of the molecule is Cn1cnnc1-c1cn[nH]c1N. The van der Waals surface area contributed by atoms with Crippen molar-refractivity contribution in [1.29, 1.82) is 0 Å². The molecule has 6 nitrogen and oxygen atoms in total. The predicted molar refractivity (Wildman–Crippen MR) is 43.0 cm³/mol. The molecule has 0 atom stereocenters. The number of aromatic amines is 1. The number of anilines is 1. The van der Waals surface area contributed by atoms with Gasteiger partial charge in [-0.15, -0.1) is 10.2 Å². The molecule has 0 radical (unpaired) electrons. The van der Waals surface area contributed by atoms with Crippen molar-refractivity contribution in [1.82, 2.24) is 25.0 Å². The highest BCUT2D eigenvalue weighted by atomic mass is 15.3. The monoisotopic (exact) mass is 164 g/mol. The van der Waals surface area contributed by atoms with Crippen molar-refractivity contribution in [3.8, 4) is 11.4 Å². The first kappa shape index (κ1) is 6.84. The molecule has 3 N–H and O–H groups in total. The average molecular weight is 164 g/mol. The first-order valence-electron chi connectivity index (χ1n) is 3.42. The highest BCUT2D eigenvalue weighted by Crippen LogP contribution is 2.19. The summed E-state index contributed by atoms with van der Waals surface area (Å²) in [5.74, 6) is 1.22. The minimum atomic E-state index is 0.506. The molecule has 0 fully saturated rings. The molecule has 0 unspecified atom stereocenters. The van der Waals surface area contributed by atoms with Crippen LogP contribution in [0.1, 0.15) is 0 Å².